The SMILES string of the molecule is COc1ccc2c(CN3CCC[C@H]3c3ncc(C(=O)N4CCCCC4)c(C)n3)cn(C)c2c1. The maximum absolute atomic E-state index is 13.0. The number of amides is 1. The van der Waals surface area contributed by atoms with Crippen LogP contribution in [0, 0.1) is 6.92 Å². The molecule has 3 aromatic rings. The Morgan fingerprint density at radius 3 is 2.73 bits per heavy atom. The van der Waals surface area contributed by atoms with Gasteiger partial charge in [-0.25, -0.2) is 9.97 Å². The second-order valence-corrected chi connectivity index (χ2v) is 9.36. The van der Waals surface area contributed by atoms with Gasteiger partial charge < -0.3 is 14.2 Å². The third-order valence-electron chi connectivity index (χ3n) is 7.19. The van der Waals surface area contributed by atoms with Crippen molar-refractivity contribution < 1.29 is 9.53 Å². The molecule has 1 amide bonds. The molecule has 2 fully saturated rings. The Balaban J connectivity index is 1.36. The summed E-state index contributed by atoms with van der Waals surface area (Å²) in [5, 5.41) is 1.25. The van der Waals surface area contributed by atoms with Crippen molar-refractivity contribution in [2.24, 2.45) is 7.05 Å². The van der Waals surface area contributed by atoms with Crippen LogP contribution in [0.4, 0.5) is 0 Å². The van der Waals surface area contributed by atoms with E-state index in [1.54, 1.807) is 13.3 Å². The lowest BCUT2D eigenvalue weighted by molar-refractivity contribution is 0.0722. The molecule has 5 rings (SSSR count). The van der Waals surface area contributed by atoms with E-state index in [0.717, 1.165) is 69.1 Å². The number of fused-ring (bicyclic) bond motifs is 1. The first-order chi connectivity index (χ1) is 16.0. The Morgan fingerprint density at radius 2 is 1.97 bits per heavy atom. The Hall–Kier alpha value is -2.93. The molecule has 1 aromatic carbocycles. The smallest absolute Gasteiger partial charge is 0.257 e. The van der Waals surface area contributed by atoms with Gasteiger partial charge in [-0.2, -0.15) is 0 Å². The van der Waals surface area contributed by atoms with Gasteiger partial charge in [0, 0.05) is 50.5 Å². The molecule has 7 heteroatoms. The summed E-state index contributed by atoms with van der Waals surface area (Å²) in [6.07, 6.45) is 9.52. The standard InChI is InChI=1S/C26H33N5O2/c1-18-22(26(32)30-11-5-4-6-12-30)15-27-25(28-18)23-8-7-13-31(23)17-19-16-29(2)24-14-20(33-3)9-10-21(19)24/h9-10,14-16,23H,4-8,11-13,17H2,1-3H3/t23-/m0/s1. The monoisotopic (exact) mass is 447 g/mol. The number of hydrogen-bond donors (Lipinski definition) is 0. The van der Waals surface area contributed by atoms with E-state index in [4.69, 9.17) is 14.7 Å². The predicted molar refractivity (Wildman–Crippen MR) is 128 cm³/mol. The molecule has 0 bridgehead atoms. The van der Waals surface area contributed by atoms with Crippen LogP contribution in [0.2, 0.25) is 0 Å². The first kappa shape index (κ1) is 21.9. The second-order valence-electron chi connectivity index (χ2n) is 9.36. The largest absolute Gasteiger partial charge is 0.497 e. The van der Waals surface area contributed by atoms with Crippen molar-refractivity contribution in [2.75, 3.05) is 26.7 Å². The predicted octanol–water partition coefficient (Wildman–Crippen LogP) is 4.25. The summed E-state index contributed by atoms with van der Waals surface area (Å²) in [6, 6.07) is 6.44. The number of benzene rings is 1. The lowest BCUT2D eigenvalue weighted by atomic mass is 10.1. The van der Waals surface area contributed by atoms with Crippen molar-refractivity contribution in [1.82, 2.24) is 24.3 Å². The number of nitrogens with zero attached hydrogens (tertiary/aromatic N) is 5. The second kappa shape index (κ2) is 9.14. The highest BCUT2D eigenvalue weighted by molar-refractivity contribution is 5.95. The number of aryl methyl sites for hydroxylation is 2. The van der Waals surface area contributed by atoms with Crippen molar-refractivity contribution in [3.8, 4) is 5.75 Å². The van der Waals surface area contributed by atoms with Gasteiger partial charge in [0.25, 0.3) is 5.91 Å². The fraction of sp³-hybridized carbons (Fsp3) is 0.500. The molecule has 2 saturated heterocycles. The molecular weight excluding hydrogens is 414 g/mol. The van der Waals surface area contributed by atoms with E-state index >= 15 is 0 Å². The van der Waals surface area contributed by atoms with Crippen molar-refractivity contribution in [3.05, 3.63) is 53.2 Å². The highest BCUT2D eigenvalue weighted by Gasteiger charge is 2.30. The highest BCUT2D eigenvalue weighted by atomic mass is 16.5. The van der Waals surface area contributed by atoms with Crippen LogP contribution < -0.4 is 4.74 Å². The van der Waals surface area contributed by atoms with E-state index in [9.17, 15) is 4.79 Å². The van der Waals surface area contributed by atoms with E-state index < -0.39 is 0 Å². The number of likely N-dealkylation sites (tertiary alicyclic amines) is 2. The third-order valence-corrected chi connectivity index (χ3v) is 7.19. The van der Waals surface area contributed by atoms with Gasteiger partial charge in [0.1, 0.15) is 11.6 Å². The maximum atomic E-state index is 13.0. The van der Waals surface area contributed by atoms with Crippen LogP contribution in [0.5, 0.6) is 5.75 Å². The van der Waals surface area contributed by atoms with Crippen molar-refractivity contribution >= 4 is 16.8 Å². The molecule has 2 aliphatic rings. The van der Waals surface area contributed by atoms with Gasteiger partial charge in [-0.05, 0) is 63.3 Å². The average Bonchev–Trinajstić information content (AvgIpc) is 3.43. The van der Waals surface area contributed by atoms with Crippen LogP contribution >= 0.6 is 0 Å². The zero-order valence-electron chi connectivity index (χ0n) is 19.9. The molecule has 4 heterocycles. The average molecular weight is 448 g/mol. The molecule has 0 unspecified atom stereocenters. The molecule has 2 aromatic heterocycles. The normalized spacial score (nSPS) is 19.4. The number of carbonyl (C=O) groups excluding carboxylic acids is 1. The molecule has 174 valence electrons. The Kier molecular flexibility index (Phi) is 6.06. The summed E-state index contributed by atoms with van der Waals surface area (Å²) in [5.74, 6) is 1.78. The minimum absolute atomic E-state index is 0.0770. The molecule has 0 aliphatic carbocycles. The number of rotatable bonds is 5. The van der Waals surface area contributed by atoms with Gasteiger partial charge in [-0.1, -0.05) is 0 Å². The highest BCUT2D eigenvalue weighted by Crippen LogP contribution is 2.34. The quantitative estimate of drug-likeness (QED) is 0.585. The minimum atomic E-state index is 0.0770. The Morgan fingerprint density at radius 1 is 1.15 bits per heavy atom. The fourth-order valence-electron chi connectivity index (χ4n) is 5.35. The number of hydrogen-bond acceptors (Lipinski definition) is 5. The van der Waals surface area contributed by atoms with Crippen LogP contribution in [0.3, 0.4) is 0 Å². The summed E-state index contributed by atoms with van der Waals surface area (Å²) in [4.78, 5) is 26.9. The molecule has 0 N–H and O–H groups in total. The molecule has 2 aliphatic heterocycles. The first-order valence-corrected chi connectivity index (χ1v) is 12.0. The van der Waals surface area contributed by atoms with Gasteiger partial charge in [-0.3, -0.25) is 9.69 Å². The van der Waals surface area contributed by atoms with E-state index in [1.165, 1.54) is 22.9 Å². The number of methoxy groups -OCH3 is 1. The van der Waals surface area contributed by atoms with Crippen molar-refractivity contribution in [3.63, 3.8) is 0 Å². The van der Waals surface area contributed by atoms with Gasteiger partial charge in [0.2, 0.25) is 0 Å². The van der Waals surface area contributed by atoms with Gasteiger partial charge in [0.05, 0.1) is 29.9 Å². The van der Waals surface area contributed by atoms with E-state index in [2.05, 4.69) is 34.8 Å². The van der Waals surface area contributed by atoms with Crippen LogP contribution in [0.15, 0.2) is 30.6 Å². The Labute approximate surface area is 195 Å². The lowest BCUT2D eigenvalue weighted by Gasteiger charge is -2.27. The molecule has 1 atom stereocenters. The summed E-state index contributed by atoms with van der Waals surface area (Å²) >= 11 is 0. The van der Waals surface area contributed by atoms with Gasteiger partial charge in [0.15, 0.2) is 0 Å². The van der Waals surface area contributed by atoms with Crippen LogP contribution in [0.25, 0.3) is 10.9 Å². The van der Waals surface area contributed by atoms with Crippen LogP contribution in [-0.2, 0) is 13.6 Å². The molecule has 0 saturated carbocycles. The van der Waals surface area contributed by atoms with Crippen molar-refractivity contribution in [1.29, 1.82) is 0 Å². The minimum Gasteiger partial charge on any atom is -0.497 e. The number of piperidine rings is 1. The third kappa shape index (κ3) is 4.22. The lowest BCUT2D eigenvalue weighted by Crippen LogP contribution is -2.36. The first-order valence-electron chi connectivity index (χ1n) is 12.0. The molecular formula is C26H33N5O2. The zero-order valence-corrected chi connectivity index (χ0v) is 19.9. The summed E-state index contributed by atoms with van der Waals surface area (Å²) in [6.45, 7) is 5.50. The molecule has 7 nitrogen and oxygen atoms in total. The molecule has 33 heavy (non-hydrogen) atoms. The Bertz CT molecular complexity index is 1160. The van der Waals surface area contributed by atoms with Crippen LogP contribution in [-0.4, -0.2) is 57.0 Å². The molecule has 0 radical (unpaired) electrons. The summed E-state index contributed by atoms with van der Waals surface area (Å²) in [7, 11) is 3.78. The van der Waals surface area contributed by atoms with Crippen molar-refractivity contribution in [2.45, 2.75) is 51.6 Å². The topological polar surface area (TPSA) is 63.5 Å². The number of aromatic nitrogens is 3. The maximum Gasteiger partial charge on any atom is 0.257 e. The van der Waals surface area contributed by atoms with Crippen LogP contribution in [0.1, 0.15) is 65.6 Å². The summed E-state index contributed by atoms with van der Waals surface area (Å²) < 4.78 is 7.57. The van der Waals surface area contributed by atoms with Gasteiger partial charge in [-0.15, -0.1) is 0 Å². The fourth-order valence-corrected chi connectivity index (χ4v) is 5.35. The van der Waals surface area contributed by atoms with Gasteiger partial charge >= 0.3 is 0 Å². The van der Waals surface area contributed by atoms with E-state index in [0.29, 0.717) is 5.56 Å². The van der Waals surface area contributed by atoms with E-state index in [1.807, 2.05) is 17.9 Å². The number of carbonyl (C=O) groups is 1. The summed E-state index contributed by atoms with van der Waals surface area (Å²) in [5.41, 5.74) is 3.91. The number of ether oxygens (including phenoxy) is 1. The molecule has 0 spiro atoms. The van der Waals surface area contributed by atoms with E-state index in [-0.39, 0.29) is 11.9 Å². The zero-order chi connectivity index (χ0) is 22.9.